The summed E-state index contributed by atoms with van der Waals surface area (Å²) in [6.07, 6.45) is 4.07. The highest BCUT2D eigenvalue weighted by molar-refractivity contribution is 5.86. The maximum absolute atomic E-state index is 12.5. The quantitative estimate of drug-likeness (QED) is 0.850. The number of para-hydroxylation sites is 1. The van der Waals surface area contributed by atoms with Crippen molar-refractivity contribution >= 4 is 11.7 Å². The number of anilines is 1. The van der Waals surface area contributed by atoms with E-state index in [0.29, 0.717) is 0 Å². The fourth-order valence-corrected chi connectivity index (χ4v) is 3.29. The molecule has 20 heavy (non-hydrogen) atoms. The van der Waals surface area contributed by atoms with Crippen LogP contribution in [0.1, 0.15) is 45.1 Å². The Hall–Kier alpha value is -1.51. The zero-order valence-corrected chi connectivity index (χ0v) is 13.0. The molecule has 0 heterocycles. The smallest absolute Gasteiger partial charge is 0.332 e. The zero-order chi connectivity index (χ0) is 14.8. The summed E-state index contributed by atoms with van der Waals surface area (Å²) in [5, 5.41) is 3.53. The summed E-state index contributed by atoms with van der Waals surface area (Å²) in [7, 11) is 1.48. The van der Waals surface area contributed by atoms with Gasteiger partial charge in [0.1, 0.15) is 5.54 Å². The van der Waals surface area contributed by atoms with Gasteiger partial charge in [0, 0.05) is 5.69 Å². The van der Waals surface area contributed by atoms with Crippen molar-refractivity contribution in [3.8, 4) is 0 Å². The number of benzene rings is 1. The lowest BCUT2D eigenvalue weighted by Crippen LogP contribution is -2.59. The monoisotopic (exact) mass is 275 g/mol. The molecule has 0 saturated heterocycles. The second-order valence-corrected chi connectivity index (χ2v) is 6.43. The summed E-state index contributed by atoms with van der Waals surface area (Å²) >= 11 is 0. The molecular weight excluding hydrogens is 250 g/mol. The van der Waals surface area contributed by atoms with Gasteiger partial charge in [-0.3, -0.25) is 0 Å². The number of rotatable bonds is 3. The molecule has 0 bridgehead atoms. The number of ether oxygens (including phenoxy) is 1. The third-order valence-corrected chi connectivity index (χ3v) is 4.79. The van der Waals surface area contributed by atoms with Gasteiger partial charge >= 0.3 is 5.97 Å². The Morgan fingerprint density at radius 1 is 1.20 bits per heavy atom. The molecule has 0 spiro atoms. The molecule has 1 aliphatic rings. The van der Waals surface area contributed by atoms with E-state index < -0.39 is 5.54 Å². The van der Waals surface area contributed by atoms with Crippen molar-refractivity contribution in [1.82, 2.24) is 0 Å². The fourth-order valence-electron chi connectivity index (χ4n) is 3.29. The molecule has 2 rings (SSSR count). The van der Waals surface area contributed by atoms with Gasteiger partial charge in [-0.2, -0.15) is 0 Å². The van der Waals surface area contributed by atoms with E-state index in [2.05, 4.69) is 32.2 Å². The van der Waals surface area contributed by atoms with Gasteiger partial charge in [0.15, 0.2) is 0 Å². The predicted molar refractivity (Wildman–Crippen MR) is 81.8 cm³/mol. The Morgan fingerprint density at radius 2 is 1.85 bits per heavy atom. The molecule has 3 heteroatoms. The first-order valence-electron chi connectivity index (χ1n) is 7.35. The first-order valence-corrected chi connectivity index (χ1v) is 7.35. The number of methoxy groups -OCH3 is 1. The molecule has 1 atom stereocenters. The van der Waals surface area contributed by atoms with Crippen LogP contribution in [0.5, 0.6) is 0 Å². The SMILES string of the molecule is COC(=O)C1(Nc2ccccc2C)CCCCC1(C)C. The highest BCUT2D eigenvalue weighted by Crippen LogP contribution is 2.46. The standard InChI is InChI=1S/C17H25NO2/c1-13-9-5-6-10-14(13)18-17(15(19)20-4)12-8-7-11-16(17,2)3/h5-6,9-10,18H,7-8,11-12H2,1-4H3. The van der Waals surface area contributed by atoms with Crippen LogP contribution in [0.4, 0.5) is 5.69 Å². The first-order chi connectivity index (χ1) is 9.43. The van der Waals surface area contributed by atoms with Crippen molar-refractivity contribution in [2.24, 2.45) is 5.41 Å². The maximum Gasteiger partial charge on any atom is 0.332 e. The average molecular weight is 275 g/mol. The van der Waals surface area contributed by atoms with Crippen LogP contribution in [0.15, 0.2) is 24.3 Å². The van der Waals surface area contributed by atoms with Gasteiger partial charge in [0.05, 0.1) is 7.11 Å². The Bertz CT molecular complexity index is 496. The van der Waals surface area contributed by atoms with Crippen LogP contribution < -0.4 is 5.32 Å². The number of carbonyl (C=O) groups is 1. The van der Waals surface area contributed by atoms with Gasteiger partial charge in [-0.15, -0.1) is 0 Å². The summed E-state index contributed by atoms with van der Waals surface area (Å²) in [6, 6.07) is 8.10. The molecule has 0 amide bonds. The van der Waals surface area contributed by atoms with Crippen molar-refractivity contribution in [3.05, 3.63) is 29.8 Å². The molecule has 0 aliphatic heterocycles. The Balaban J connectivity index is 2.43. The molecule has 1 N–H and O–H groups in total. The number of hydrogen-bond donors (Lipinski definition) is 1. The lowest BCUT2D eigenvalue weighted by molar-refractivity contribution is -0.152. The fraction of sp³-hybridized carbons (Fsp3) is 0.588. The Kier molecular flexibility index (Phi) is 4.07. The molecule has 110 valence electrons. The van der Waals surface area contributed by atoms with Crippen molar-refractivity contribution in [1.29, 1.82) is 0 Å². The van der Waals surface area contributed by atoms with E-state index in [0.717, 1.165) is 30.5 Å². The lowest BCUT2D eigenvalue weighted by Gasteiger charge is -2.48. The largest absolute Gasteiger partial charge is 0.467 e. The number of carbonyl (C=O) groups excluding carboxylic acids is 1. The van der Waals surface area contributed by atoms with Gasteiger partial charge in [-0.05, 0) is 36.8 Å². The molecule has 0 aromatic heterocycles. The zero-order valence-electron chi connectivity index (χ0n) is 13.0. The number of hydrogen-bond acceptors (Lipinski definition) is 3. The van der Waals surface area contributed by atoms with E-state index in [9.17, 15) is 4.79 Å². The normalized spacial score (nSPS) is 25.0. The van der Waals surface area contributed by atoms with Crippen LogP contribution in [0.2, 0.25) is 0 Å². The van der Waals surface area contributed by atoms with E-state index in [1.807, 2.05) is 18.2 Å². The molecular formula is C17H25NO2. The van der Waals surface area contributed by atoms with Crippen LogP contribution in [0.25, 0.3) is 0 Å². The minimum Gasteiger partial charge on any atom is -0.467 e. The minimum absolute atomic E-state index is 0.124. The number of aryl methyl sites for hydroxylation is 1. The van der Waals surface area contributed by atoms with Crippen molar-refractivity contribution in [2.75, 3.05) is 12.4 Å². The van der Waals surface area contributed by atoms with Crippen molar-refractivity contribution in [2.45, 2.75) is 52.0 Å². The average Bonchev–Trinajstić information content (AvgIpc) is 2.42. The highest BCUT2D eigenvalue weighted by atomic mass is 16.5. The first kappa shape index (κ1) is 14.9. The number of esters is 1. The van der Waals surface area contributed by atoms with Gasteiger partial charge < -0.3 is 10.1 Å². The summed E-state index contributed by atoms with van der Waals surface area (Å²) in [5.41, 5.74) is 1.41. The number of nitrogens with one attached hydrogen (secondary N) is 1. The molecule has 0 radical (unpaired) electrons. The second-order valence-electron chi connectivity index (χ2n) is 6.43. The van der Waals surface area contributed by atoms with Gasteiger partial charge in [-0.25, -0.2) is 4.79 Å². The van der Waals surface area contributed by atoms with Gasteiger partial charge in [0.25, 0.3) is 0 Å². The Morgan fingerprint density at radius 3 is 2.45 bits per heavy atom. The van der Waals surface area contributed by atoms with E-state index in [1.54, 1.807) is 0 Å². The van der Waals surface area contributed by atoms with Crippen molar-refractivity contribution in [3.63, 3.8) is 0 Å². The third kappa shape index (κ3) is 2.41. The highest BCUT2D eigenvalue weighted by Gasteiger charge is 2.53. The summed E-state index contributed by atoms with van der Waals surface area (Å²) in [6.45, 7) is 6.38. The topological polar surface area (TPSA) is 38.3 Å². The van der Waals surface area contributed by atoms with Gasteiger partial charge in [0.2, 0.25) is 0 Å². The third-order valence-electron chi connectivity index (χ3n) is 4.79. The van der Waals surface area contributed by atoms with Crippen LogP contribution in [0.3, 0.4) is 0 Å². The molecule has 1 fully saturated rings. The molecule has 1 aromatic rings. The molecule has 3 nitrogen and oxygen atoms in total. The van der Waals surface area contributed by atoms with Crippen LogP contribution in [-0.2, 0) is 9.53 Å². The van der Waals surface area contributed by atoms with E-state index in [-0.39, 0.29) is 11.4 Å². The second kappa shape index (κ2) is 5.47. The summed E-state index contributed by atoms with van der Waals surface area (Å²) in [4.78, 5) is 12.5. The van der Waals surface area contributed by atoms with Crippen molar-refractivity contribution < 1.29 is 9.53 Å². The predicted octanol–water partition coefficient (Wildman–Crippen LogP) is 3.92. The van der Waals surface area contributed by atoms with E-state index >= 15 is 0 Å². The molecule has 1 aliphatic carbocycles. The molecule has 1 unspecified atom stereocenters. The van der Waals surface area contributed by atoms with Gasteiger partial charge in [-0.1, -0.05) is 44.9 Å². The van der Waals surface area contributed by atoms with Crippen LogP contribution in [0, 0.1) is 12.3 Å². The minimum atomic E-state index is -0.633. The molecule has 1 aromatic carbocycles. The van der Waals surface area contributed by atoms with E-state index in [4.69, 9.17) is 4.74 Å². The Labute approximate surface area is 121 Å². The van der Waals surface area contributed by atoms with Crippen LogP contribution in [-0.4, -0.2) is 18.6 Å². The van der Waals surface area contributed by atoms with E-state index in [1.165, 1.54) is 13.5 Å². The lowest BCUT2D eigenvalue weighted by atomic mass is 9.63. The van der Waals surface area contributed by atoms with Crippen LogP contribution >= 0.6 is 0 Å². The summed E-state index contributed by atoms with van der Waals surface area (Å²) in [5.74, 6) is -0.148. The maximum atomic E-state index is 12.5. The summed E-state index contributed by atoms with van der Waals surface area (Å²) < 4.78 is 5.14. The molecule has 1 saturated carbocycles.